The number of anilines is 1. The Hall–Kier alpha value is -2.82. The fourth-order valence-electron chi connectivity index (χ4n) is 3.81. The number of carbonyl (C=O) groups is 1. The number of amidine groups is 1. The van der Waals surface area contributed by atoms with Crippen molar-refractivity contribution in [3.8, 4) is 0 Å². The van der Waals surface area contributed by atoms with Crippen LogP contribution in [0.3, 0.4) is 0 Å². The number of benzene rings is 1. The molecule has 0 aliphatic carbocycles. The normalized spacial score (nSPS) is 17.7. The SMILES string of the molecule is O=C(CN1CCN(Cc2ccccn2)CC1)Nc1cccc(S(=O)(=O)NC2=NCCC2)c1. The Kier molecular flexibility index (Phi) is 7.13. The van der Waals surface area contributed by atoms with Crippen LogP contribution in [0.5, 0.6) is 0 Å². The second kappa shape index (κ2) is 10.2. The van der Waals surface area contributed by atoms with Gasteiger partial charge in [0.2, 0.25) is 5.91 Å². The molecule has 4 rings (SSSR count). The summed E-state index contributed by atoms with van der Waals surface area (Å²) in [5.74, 6) is 0.326. The third-order valence-electron chi connectivity index (χ3n) is 5.50. The van der Waals surface area contributed by atoms with Crippen molar-refractivity contribution in [2.24, 2.45) is 4.99 Å². The third-order valence-corrected chi connectivity index (χ3v) is 6.88. The molecule has 3 heterocycles. The molecule has 0 bridgehead atoms. The molecule has 0 saturated carbocycles. The van der Waals surface area contributed by atoms with Gasteiger partial charge in [0.1, 0.15) is 5.84 Å². The molecule has 1 amide bonds. The predicted octanol–water partition coefficient (Wildman–Crippen LogP) is 1.31. The molecule has 0 radical (unpaired) electrons. The minimum Gasteiger partial charge on any atom is -0.325 e. The highest BCUT2D eigenvalue weighted by Crippen LogP contribution is 2.17. The van der Waals surface area contributed by atoms with E-state index < -0.39 is 10.0 Å². The summed E-state index contributed by atoms with van der Waals surface area (Å²) in [7, 11) is -3.71. The lowest BCUT2D eigenvalue weighted by molar-refractivity contribution is -0.117. The number of aromatic nitrogens is 1. The third kappa shape index (κ3) is 6.12. The Morgan fingerprint density at radius 2 is 1.84 bits per heavy atom. The van der Waals surface area contributed by atoms with Gasteiger partial charge in [-0.05, 0) is 36.8 Å². The minimum absolute atomic E-state index is 0.105. The van der Waals surface area contributed by atoms with E-state index in [1.165, 1.54) is 12.1 Å². The van der Waals surface area contributed by atoms with Crippen molar-refractivity contribution in [2.45, 2.75) is 24.3 Å². The van der Waals surface area contributed by atoms with E-state index in [1.807, 2.05) is 18.2 Å². The summed E-state index contributed by atoms with van der Waals surface area (Å²) < 4.78 is 27.7. The zero-order valence-electron chi connectivity index (χ0n) is 17.9. The number of carbonyl (C=O) groups excluding carboxylic acids is 1. The van der Waals surface area contributed by atoms with Crippen LogP contribution in [0.2, 0.25) is 0 Å². The Morgan fingerprint density at radius 3 is 2.56 bits per heavy atom. The van der Waals surface area contributed by atoms with E-state index in [0.717, 1.165) is 44.8 Å². The molecule has 170 valence electrons. The maximum atomic E-state index is 12.6. The van der Waals surface area contributed by atoms with Gasteiger partial charge >= 0.3 is 0 Å². The number of piperazine rings is 1. The van der Waals surface area contributed by atoms with Gasteiger partial charge in [-0.3, -0.25) is 29.3 Å². The molecule has 2 aliphatic heterocycles. The van der Waals surface area contributed by atoms with Crippen LogP contribution in [0.1, 0.15) is 18.5 Å². The molecule has 10 heteroatoms. The van der Waals surface area contributed by atoms with Crippen LogP contribution in [0, 0.1) is 0 Å². The molecule has 1 saturated heterocycles. The van der Waals surface area contributed by atoms with Crippen molar-refractivity contribution in [3.63, 3.8) is 0 Å². The van der Waals surface area contributed by atoms with Gasteiger partial charge in [-0.25, -0.2) is 8.42 Å². The number of nitrogens with one attached hydrogen (secondary N) is 2. The first-order chi connectivity index (χ1) is 15.5. The maximum Gasteiger partial charge on any atom is 0.262 e. The first kappa shape index (κ1) is 22.4. The molecule has 2 aliphatic rings. The van der Waals surface area contributed by atoms with Crippen molar-refractivity contribution in [2.75, 3.05) is 44.6 Å². The first-order valence-electron chi connectivity index (χ1n) is 10.8. The molecule has 2 aromatic rings. The van der Waals surface area contributed by atoms with Gasteiger partial charge in [-0.2, -0.15) is 0 Å². The lowest BCUT2D eigenvalue weighted by Gasteiger charge is -2.34. The molecule has 1 aromatic heterocycles. The molecule has 32 heavy (non-hydrogen) atoms. The Bertz CT molecular complexity index is 1070. The smallest absolute Gasteiger partial charge is 0.262 e. The Morgan fingerprint density at radius 1 is 1.03 bits per heavy atom. The first-order valence-corrected chi connectivity index (χ1v) is 12.3. The van der Waals surface area contributed by atoms with Gasteiger partial charge in [0.05, 0.1) is 17.1 Å². The van der Waals surface area contributed by atoms with Crippen molar-refractivity contribution in [1.29, 1.82) is 0 Å². The van der Waals surface area contributed by atoms with E-state index in [-0.39, 0.29) is 17.3 Å². The van der Waals surface area contributed by atoms with E-state index in [0.29, 0.717) is 24.5 Å². The highest BCUT2D eigenvalue weighted by atomic mass is 32.2. The number of pyridine rings is 1. The van der Waals surface area contributed by atoms with Crippen molar-refractivity contribution in [3.05, 3.63) is 54.4 Å². The number of nitrogens with zero attached hydrogens (tertiary/aromatic N) is 4. The van der Waals surface area contributed by atoms with Gasteiger partial charge in [0, 0.05) is 57.6 Å². The second-order valence-corrected chi connectivity index (χ2v) is 9.67. The predicted molar refractivity (Wildman–Crippen MR) is 123 cm³/mol. The molecule has 0 unspecified atom stereocenters. The highest BCUT2D eigenvalue weighted by molar-refractivity contribution is 7.90. The molecular weight excluding hydrogens is 428 g/mol. The van der Waals surface area contributed by atoms with Crippen LogP contribution in [0.25, 0.3) is 0 Å². The molecule has 0 spiro atoms. The van der Waals surface area contributed by atoms with Gasteiger partial charge in [-0.15, -0.1) is 0 Å². The molecule has 0 atom stereocenters. The van der Waals surface area contributed by atoms with Crippen LogP contribution in [0.4, 0.5) is 5.69 Å². The maximum absolute atomic E-state index is 12.6. The number of aliphatic imine (C=N–C) groups is 1. The van der Waals surface area contributed by atoms with E-state index in [2.05, 4.69) is 29.8 Å². The Balaban J connectivity index is 1.27. The fraction of sp³-hybridized carbons (Fsp3) is 0.409. The lowest BCUT2D eigenvalue weighted by Crippen LogP contribution is -2.48. The van der Waals surface area contributed by atoms with E-state index in [9.17, 15) is 13.2 Å². The number of amides is 1. The van der Waals surface area contributed by atoms with Crippen LogP contribution < -0.4 is 10.0 Å². The summed E-state index contributed by atoms with van der Waals surface area (Å²) >= 11 is 0. The van der Waals surface area contributed by atoms with Crippen LogP contribution >= 0.6 is 0 Å². The largest absolute Gasteiger partial charge is 0.325 e. The van der Waals surface area contributed by atoms with Crippen LogP contribution in [0.15, 0.2) is 58.5 Å². The van der Waals surface area contributed by atoms with E-state index >= 15 is 0 Å². The van der Waals surface area contributed by atoms with Gasteiger partial charge < -0.3 is 5.32 Å². The fourth-order valence-corrected chi connectivity index (χ4v) is 4.94. The second-order valence-electron chi connectivity index (χ2n) is 7.99. The number of sulfonamides is 1. The van der Waals surface area contributed by atoms with Crippen LogP contribution in [-0.2, 0) is 21.4 Å². The van der Waals surface area contributed by atoms with E-state index in [1.54, 1.807) is 18.3 Å². The minimum atomic E-state index is -3.71. The van der Waals surface area contributed by atoms with Crippen LogP contribution in [-0.4, -0.2) is 74.2 Å². The van der Waals surface area contributed by atoms with Crippen molar-refractivity contribution < 1.29 is 13.2 Å². The molecule has 1 aromatic carbocycles. The molecular formula is C22H28N6O3S. The highest BCUT2D eigenvalue weighted by Gasteiger charge is 2.21. The summed E-state index contributed by atoms with van der Waals surface area (Å²) in [4.78, 5) is 25.6. The standard InChI is InChI=1S/C22H28N6O3S/c29-22(17-28-13-11-27(12-14-28)16-19-5-1-2-9-23-19)25-18-6-3-7-20(15-18)32(30,31)26-21-8-4-10-24-21/h1-3,5-7,9,15H,4,8,10-14,16-17H2,(H,24,26)(H,25,29). The summed E-state index contributed by atoms with van der Waals surface area (Å²) in [5.41, 5.74) is 1.50. The van der Waals surface area contributed by atoms with Gasteiger partial charge in [-0.1, -0.05) is 12.1 Å². The molecule has 2 N–H and O–H groups in total. The van der Waals surface area contributed by atoms with Gasteiger partial charge in [0.15, 0.2) is 0 Å². The van der Waals surface area contributed by atoms with E-state index in [4.69, 9.17) is 0 Å². The van der Waals surface area contributed by atoms with Crippen molar-refractivity contribution >= 4 is 27.5 Å². The molecule has 9 nitrogen and oxygen atoms in total. The summed E-state index contributed by atoms with van der Waals surface area (Å²) in [6, 6.07) is 12.2. The average molecular weight is 457 g/mol. The zero-order valence-corrected chi connectivity index (χ0v) is 18.7. The lowest BCUT2D eigenvalue weighted by atomic mass is 10.2. The zero-order chi connectivity index (χ0) is 22.4. The number of hydrogen-bond acceptors (Lipinski definition) is 7. The summed E-state index contributed by atoms with van der Waals surface area (Å²) in [5, 5.41) is 2.82. The summed E-state index contributed by atoms with van der Waals surface area (Å²) in [6.07, 6.45) is 3.28. The quantitative estimate of drug-likeness (QED) is 0.651. The number of rotatable bonds is 7. The van der Waals surface area contributed by atoms with Crippen molar-refractivity contribution in [1.82, 2.24) is 19.5 Å². The average Bonchev–Trinajstić information content (AvgIpc) is 3.28. The number of hydrogen-bond donors (Lipinski definition) is 2. The monoisotopic (exact) mass is 456 g/mol. The Labute approximate surface area is 188 Å². The molecule has 1 fully saturated rings. The topological polar surface area (TPSA) is 107 Å². The van der Waals surface area contributed by atoms with Gasteiger partial charge in [0.25, 0.3) is 10.0 Å². The summed E-state index contributed by atoms with van der Waals surface area (Å²) in [6.45, 7) is 5.04.